The number of hydrogen-bond donors (Lipinski definition) is 0. The summed E-state index contributed by atoms with van der Waals surface area (Å²) in [4.78, 5) is 23.2. The van der Waals surface area contributed by atoms with E-state index in [-0.39, 0.29) is 23.7 Å². The molecule has 26 heavy (non-hydrogen) atoms. The van der Waals surface area contributed by atoms with Gasteiger partial charge < -0.3 is 18.9 Å². The monoisotopic (exact) mass is 374 g/mol. The molecule has 6 nitrogen and oxygen atoms in total. The fourth-order valence-electron chi connectivity index (χ4n) is 2.32. The van der Waals surface area contributed by atoms with E-state index in [2.05, 4.69) is 0 Å². The van der Waals surface area contributed by atoms with Crippen molar-refractivity contribution in [2.75, 3.05) is 13.2 Å². The molecule has 0 spiro atoms. The van der Waals surface area contributed by atoms with Crippen LogP contribution in [-0.2, 0) is 9.47 Å². The van der Waals surface area contributed by atoms with Crippen molar-refractivity contribution in [2.45, 2.75) is 16.9 Å². The summed E-state index contributed by atoms with van der Waals surface area (Å²) in [6.07, 6.45) is -0.645. The van der Waals surface area contributed by atoms with Crippen molar-refractivity contribution in [3.05, 3.63) is 60.7 Å². The van der Waals surface area contributed by atoms with Gasteiger partial charge in [0.2, 0.25) is 0 Å². The second kappa shape index (κ2) is 9.15. The van der Waals surface area contributed by atoms with Gasteiger partial charge >= 0.3 is 12.3 Å². The summed E-state index contributed by atoms with van der Waals surface area (Å²) in [5.74, 6) is 0.893. The molecule has 2 atom stereocenters. The van der Waals surface area contributed by atoms with Crippen molar-refractivity contribution in [3.63, 3.8) is 0 Å². The molecule has 1 aliphatic heterocycles. The molecule has 0 aromatic heterocycles. The average Bonchev–Trinajstić information content (AvgIpc) is 2.61. The zero-order valence-electron chi connectivity index (χ0n) is 13.9. The third-order valence-corrected chi connectivity index (χ3v) is 5.00. The van der Waals surface area contributed by atoms with Crippen LogP contribution < -0.4 is 9.47 Å². The van der Waals surface area contributed by atoms with E-state index in [1.807, 2.05) is 12.1 Å². The van der Waals surface area contributed by atoms with E-state index in [4.69, 9.17) is 18.9 Å². The van der Waals surface area contributed by atoms with Gasteiger partial charge in [0, 0.05) is 10.5 Å². The van der Waals surface area contributed by atoms with Gasteiger partial charge in [-0.15, -0.1) is 11.8 Å². The minimum atomic E-state index is -0.720. The maximum Gasteiger partial charge on any atom is 0.513 e. The minimum Gasteiger partial charge on any atom is -0.433 e. The Morgan fingerprint density at radius 1 is 0.769 bits per heavy atom. The lowest BCUT2D eigenvalue weighted by Gasteiger charge is -2.33. The molecule has 0 saturated carbocycles. The first-order valence-corrected chi connectivity index (χ1v) is 9.08. The fourth-order valence-corrected chi connectivity index (χ4v) is 3.49. The summed E-state index contributed by atoms with van der Waals surface area (Å²) in [5, 5.41) is 0.356. The summed E-state index contributed by atoms with van der Waals surface area (Å²) < 4.78 is 20.3. The number of carbonyl (C=O) groups is 2. The largest absolute Gasteiger partial charge is 0.513 e. The zero-order valence-corrected chi connectivity index (χ0v) is 14.7. The van der Waals surface area contributed by atoms with E-state index < -0.39 is 12.3 Å². The quantitative estimate of drug-likeness (QED) is 0.552. The van der Waals surface area contributed by atoms with Crippen LogP contribution in [0.5, 0.6) is 11.5 Å². The molecule has 0 radical (unpaired) electrons. The van der Waals surface area contributed by atoms with Gasteiger partial charge in [-0.3, -0.25) is 0 Å². The van der Waals surface area contributed by atoms with Gasteiger partial charge in [-0.1, -0.05) is 36.4 Å². The predicted octanol–water partition coefficient (Wildman–Crippen LogP) is 4.29. The van der Waals surface area contributed by atoms with Gasteiger partial charge in [-0.2, -0.15) is 0 Å². The molecule has 3 rings (SSSR count). The molecule has 7 heteroatoms. The Morgan fingerprint density at radius 2 is 1.15 bits per heavy atom. The van der Waals surface area contributed by atoms with Gasteiger partial charge in [0.25, 0.3) is 0 Å². The van der Waals surface area contributed by atoms with Crippen LogP contribution in [0.1, 0.15) is 6.42 Å². The van der Waals surface area contributed by atoms with E-state index >= 15 is 0 Å². The second-order valence-electron chi connectivity index (χ2n) is 5.57. The van der Waals surface area contributed by atoms with E-state index in [1.54, 1.807) is 60.3 Å². The smallest absolute Gasteiger partial charge is 0.433 e. The third-order valence-electron chi connectivity index (χ3n) is 3.57. The summed E-state index contributed by atoms with van der Waals surface area (Å²) >= 11 is 1.60. The van der Waals surface area contributed by atoms with Crippen LogP contribution in [0, 0.1) is 0 Å². The Hall–Kier alpha value is -2.67. The molecular weight excluding hydrogens is 356 g/mol. The van der Waals surface area contributed by atoms with Crippen LogP contribution in [0.3, 0.4) is 0 Å². The molecule has 0 aliphatic carbocycles. The van der Waals surface area contributed by atoms with Gasteiger partial charge in [0.15, 0.2) is 0 Å². The van der Waals surface area contributed by atoms with Crippen molar-refractivity contribution in [3.8, 4) is 11.5 Å². The number of hydrogen-bond acceptors (Lipinski definition) is 7. The van der Waals surface area contributed by atoms with Gasteiger partial charge in [-0.25, -0.2) is 9.59 Å². The number of ether oxygens (including phenoxy) is 4. The highest BCUT2D eigenvalue weighted by atomic mass is 32.2. The fraction of sp³-hybridized carbons (Fsp3) is 0.263. The maximum atomic E-state index is 11.6. The number of benzene rings is 2. The molecule has 136 valence electrons. The predicted molar refractivity (Wildman–Crippen MR) is 96.6 cm³/mol. The summed E-state index contributed by atoms with van der Waals surface area (Å²) in [5.41, 5.74) is 0. The molecule has 1 heterocycles. The Labute approximate surface area is 155 Å². The summed E-state index contributed by atoms with van der Waals surface area (Å²) in [6, 6.07) is 17.5. The summed E-state index contributed by atoms with van der Waals surface area (Å²) in [7, 11) is 0. The maximum absolute atomic E-state index is 11.6. The normalized spacial score (nSPS) is 18.3. The van der Waals surface area contributed by atoms with Crippen LogP contribution in [-0.4, -0.2) is 36.0 Å². The molecule has 1 fully saturated rings. The van der Waals surface area contributed by atoms with Gasteiger partial charge in [0.05, 0.1) is 0 Å². The molecule has 0 unspecified atom stereocenters. The van der Waals surface area contributed by atoms with Crippen molar-refractivity contribution in [1.82, 2.24) is 0 Å². The zero-order chi connectivity index (χ0) is 18.2. The van der Waals surface area contributed by atoms with Gasteiger partial charge in [-0.05, 0) is 30.7 Å². The molecule has 0 N–H and O–H groups in total. The lowest BCUT2D eigenvalue weighted by molar-refractivity contribution is 0.0906. The number of rotatable bonds is 6. The Morgan fingerprint density at radius 3 is 1.54 bits per heavy atom. The summed E-state index contributed by atoms with van der Waals surface area (Å²) in [6.45, 7) is 0.530. The first-order chi connectivity index (χ1) is 12.7. The second-order valence-corrected chi connectivity index (χ2v) is 7.17. The lowest BCUT2D eigenvalue weighted by Crippen LogP contribution is -2.35. The molecule has 1 saturated heterocycles. The number of carbonyl (C=O) groups excluding carboxylic acids is 2. The Kier molecular flexibility index (Phi) is 6.38. The molecular formula is C19H18O6S. The molecule has 2 aromatic rings. The average molecular weight is 374 g/mol. The molecule has 0 amide bonds. The SMILES string of the molecule is O=C(OC[C@H]1C[C@H](COC(=O)Oc2ccccc2)S1)Oc1ccccc1. The third kappa shape index (κ3) is 5.70. The van der Waals surface area contributed by atoms with E-state index in [1.165, 1.54) is 0 Å². The highest BCUT2D eigenvalue weighted by Gasteiger charge is 2.32. The Balaban J connectivity index is 1.26. The van der Waals surface area contributed by atoms with E-state index in [9.17, 15) is 9.59 Å². The number of thioether (sulfide) groups is 1. The van der Waals surface area contributed by atoms with Crippen LogP contribution >= 0.6 is 11.8 Å². The first kappa shape index (κ1) is 18.1. The van der Waals surface area contributed by atoms with Gasteiger partial charge in [0.1, 0.15) is 24.7 Å². The molecule has 0 bridgehead atoms. The van der Waals surface area contributed by atoms with Crippen LogP contribution in [0.2, 0.25) is 0 Å². The van der Waals surface area contributed by atoms with Crippen molar-refractivity contribution in [2.24, 2.45) is 0 Å². The lowest BCUT2D eigenvalue weighted by atomic mass is 10.2. The van der Waals surface area contributed by atoms with Crippen LogP contribution in [0.4, 0.5) is 9.59 Å². The standard InChI is InChI=1S/C19H18O6S/c20-18(24-14-7-3-1-4-8-14)22-12-16-11-17(26-16)13-23-19(21)25-15-9-5-2-6-10-15/h1-10,16-17H,11-13H2/t16-,17-/m1/s1. The van der Waals surface area contributed by atoms with Crippen molar-refractivity contribution in [1.29, 1.82) is 0 Å². The van der Waals surface area contributed by atoms with Crippen LogP contribution in [0.25, 0.3) is 0 Å². The van der Waals surface area contributed by atoms with Crippen molar-refractivity contribution >= 4 is 24.1 Å². The minimum absolute atomic E-state index is 0.178. The highest BCUT2D eigenvalue weighted by molar-refractivity contribution is 8.01. The van der Waals surface area contributed by atoms with E-state index in [0.29, 0.717) is 11.5 Å². The number of para-hydroxylation sites is 2. The van der Waals surface area contributed by atoms with E-state index in [0.717, 1.165) is 6.42 Å². The topological polar surface area (TPSA) is 71.1 Å². The van der Waals surface area contributed by atoms with Crippen LogP contribution in [0.15, 0.2) is 60.7 Å². The first-order valence-electron chi connectivity index (χ1n) is 8.14. The molecule has 1 aliphatic rings. The Bertz CT molecular complexity index is 654. The molecule has 2 aromatic carbocycles. The highest BCUT2D eigenvalue weighted by Crippen LogP contribution is 2.36. The van der Waals surface area contributed by atoms with Crippen molar-refractivity contribution < 1.29 is 28.5 Å².